The number of amides is 1. The molecule has 0 bridgehead atoms. The molecular weight excluding hydrogens is 359 g/mol. The number of carbonyl (C=O) groups is 1. The zero-order valence-corrected chi connectivity index (χ0v) is 15.3. The van der Waals surface area contributed by atoms with Crippen LogP contribution in [0.3, 0.4) is 0 Å². The second-order valence-electron chi connectivity index (χ2n) is 6.62. The van der Waals surface area contributed by atoms with E-state index in [-0.39, 0.29) is 11.4 Å². The number of fused-ring (bicyclic) bond motifs is 1. The minimum atomic E-state index is -0.464. The van der Waals surface area contributed by atoms with Crippen molar-refractivity contribution in [3.63, 3.8) is 0 Å². The van der Waals surface area contributed by atoms with Crippen LogP contribution in [0.5, 0.6) is 0 Å². The quantitative estimate of drug-likeness (QED) is 0.587. The molecule has 3 heterocycles. The number of aromatic nitrogens is 5. The first-order valence-electron chi connectivity index (χ1n) is 8.74. The summed E-state index contributed by atoms with van der Waals surface area (Å²) in [5.74, 6) is -0.564. The number of hydrogen-bond donors (Lipinski definition) is 1. The van der Waals surface area contributed by atoms with E-state index in [1.165, 1.54) is 41.5 Å². The van der Waals surface area contributed by atoms with E-state index in [2.05, 4.69) is 39.2 Å². The molecule has 0 radical (unpaired) electrons. The van der Waals surface area contributed by atoms with Gasteiger partial charge in [-0.3, -0.25) is 9.78 Å². The first-order chi connectivity index (χ1) is 13.5. The van der Waals surface area contributed by atoms with E-state index in [0.717, 1.165) is 10.9 Å². The van der Waals surface area contributed by atoms with Gasteiger partial charge in [-0.1, -0.05) is 13.8 Å². The molecule has 7 nitrogen and oxygen atoms in total. The van der Waals surface area contributed by atoms with Crippen LogP contribution in [0.25, 0.3) is 16.7 Å². The van der Waals surface area contributed by atoms with Crippen LogP contribution in [-0.4, -0.2) is 30.6 Å². The van der Waals surface area contributed by atoms with Gasteiger partial charge in [0.15, 0.2) is 5.65 Å². The maximum atomic E-state index is 14.4. The third-order valence-corrected chi connectivity index (χ3v) is 4.29. The minimum absolute atomic E-state index is 0.170. The van der Waals surface area contributed by atoms with E-state index in [1.54, 1.807) is 12.4 Å². The number of carbonyl (C=O) groups excluding carboxylic acids is 1. The van der Waals surface area contributed by atoms with Crippen molar-refractivity contribution in [2.75, 3.05) is 5.32 Å². The average Bonchev–Trinajstić information content (AvgIpc) is 3.13. The van der Waals surface area contributed by atoms with Crippen molar-refractivity contribution in [3.05, 3.63) is 72.3 Å². The molecule has 0 aliphatic rings. The van der Waals surface area contributed by atoms with Gasteiger partial charge in [0.1, 0.15) is 17.2 Å². The van der Waals surface area contributed by atoms with Crippen molar-refractivity contribution >= 4 is 22.6 Å². The van der Waals surface area contributed by atoms with Gasteiger partial charge in [0.05, 0.1) is 6.20 Å². The van der Waals surface area contributed by atoms with E-state index in [1.807, 2.05) is 6.07 Å². The number of pyridine rings is 1. The summed E-state index contributed by atoms with van der Waals surface area (Å²) < 4.78 is 15.9. The van der Waals surface area contributed by atoms with Crippen molar-refractivity contribution in [3.8, 4) is 5.69 Å². The summed E-state index contributed by atoms with van der Waals surface area (Å²) in [6.07, 6.45) is 7.77. The fourth-order valence-corrected chi connectivity index (χ4v) is 2.75. The molecule has 0 fully saturated rings. The van der Waals surface area contributed by atoms with Crippen LogP contribution in [0.2, 0.25) is 0 Å². The Labute approximate surface area is 160 Å². The smallest absolute Gasteiger partial charge is 0.275 e. The van der Waals surface area contributed by atoms with Crippen molar-refractivity contribution in [2.24, 2.45) is 0 Å². The van der Waals surface area contributed by atoms with Gasteiger partial charge in [-0.05, 0) is 35.7 Å². The third-order valence-electron chi connectivity index (χ3n) is 4.29. The molecule has 3 aromatic heterocycles. The van der Waals surface area contributed by atoms with Crippen molar-refractivity contribution in [2.45, 2.75) is 19.8 Å². The highest BCUT2D eigenvalue weighted by atomic mass is 19.1. The van der Waals surface area contributed by atoms with Crippen molar-refractivity contribution in [1.82, 2.24) is 24.7 Å². The van der Waals surface area contributed by atoms with Crippen LogP contribution >= 0.6 is 0 Å². The van der Waals surface area contributed by atoms with E-state index < -0.39 is 11.7 Å². The SMILES string of the molecule is CC(C)c1cnc2nn(-c3cc(NC(=O)c4cnccn4)ccc3F)cc2c1. The number of rotatable bonds is 4. The maximum Gasteiger partial charge on any atom is 0.275 e. The lowest BCUT2D eigenvalue weighted by atomic mass is 10.1. The fourth-order valence-electron chi connectivity index (χ4n) is 2.75. The summed E-state index contributed by atoms with van der Waals surface area (Å²) in [5.41, 5.74) is 2.41. The Morgan fingerprint density at radius 1 is 1.14 bits per heavy atom. The summed E-state index contributed by atoms with van der Waals surface area (Å²) in [5, 5.41) is 7.86. The molecule has 4 aromatic rings. The summed E-state index contributed by atoms with van der Waals surface area (Å²) in [4.78, 5) is 24.4. The summed E-state index contributed by atoms with van der Waals surface area (Å²) >= 11 is 0. The minimum Gasteiger partial charge on any atom is -0.321 e. The Morgan fingerprint density at radius 2 is 2.00 bits per heavy atom. The summed E-state index contributed by atoms with van der Waals surface area (Å²) in [6, 6.07) is 6.26. The van der Waals surface area contributed by atoms with Gasteiger partial charge in [-0.15, -0.1) is 5.10 Å². The Morgan fingerprint density at radius 3 is 2.75 bits per heavy atom. The van der Waals surface area contributed by atoms with Gasteiger partial charge in [-0.25, -0.2) is 19.0 Å². The molecule has 28 heavy (non-hydrogen) atoms. The highest BCUT2D eigenvalue weighted by Crippen LogP contribution is 2.23. The maximum absolute atomic E-state index is 14.4. The Kier molecular flexibility index (Phi) is 4.52. The Hall–Kier alpha value is -3.68. The second-order valence-corrected chi connectivity index (χ2v) is 6.62. The average molecular weight is 376 g/mol. The molecule has 0 unspecified atom stereocenters. The monoisotopic (exact) mass is 376 g/mol. The molecular formula is C20H17FN6O. The number of nitrogens with one attached hydrogen (secondary N) is 1. The fraction of sp³-hybridized carbons (Fsp3) is 0.150. The number of halogens is 1. The molecule has 1 amide bonds. The Balaban J connectivity index is 1.67. The van der Waals surface area contributed by atoms with Crippen LogP contribution in [0.1, 0.15) is 35.8 Å². The molecule has 0 aliphatic heterocycles. The second kappa shape index (κ2) is 7.15. The molecule has 1 N–H and O–H groups in total. The third kappa shape index (κ3) is 3.44. The van der Waals surface area contributed by atoms with Crippen molar-refractivity contribution in [1.29, 1.82) is 0 Å². The highest BCUT2D eigenvalue weighted by molar-refractivity contribution is 6.02. The molecule has 0 saturated heterocycles. The summed E-state index contributed by atoms with van der Waals surface area (Å²) in [6.45, 7) is 4.16. The van der Waals surface area contributed by atoms with E-state index in [4.69, 9.17) is 0 Å². The number of nitrogens with zero attached hydrogens (tertiary/aromatic N) is 5. The lowest BCUT2D eigenvalue weighted by Crippen LogP contribution is -2.14. The van der Waals surface area contributed by atoms with Gasteiger partial charge < -0.3 is 5.32 Å². The number of anilines is 1. The van der Waals surface area contributed by atoms with Crippen LogP contribution in [0.4, 0.5) is 10.1 Å². The molecule has 4 rings (SSSR count). The largest absolute Gasteiger partial charge is 0.321 e. The predicted molar refractivity (Wildman–Crippen MR) is 103 cm³/mol. The molecule has 0 spiro atoms. The molecule has 0 atom stereocenters. The number of hydrogen-bond acceptors (Lipinski definition) is 5. The van der Waals surface area contributed by atoms with E-state index >= 15 is 0 Å². The van der Waals surface area contributed by atoms with Gasteiger partial charge >= 0.3 is 0 Å². The zero-order chi connectivity index (χ0) is 19.7. The lowest BCUT2D eigenvalue weighted by molar-refractivity contribution is 0.102. The zero-order valence-electron chi connectivity index (χ0n) is 15.3. The first-order valence-corrected chi connectivity index (χ1v) is 8.74. The van der Waals surface area contributed by atoms with E-state index in [9.17, 15) is 9.18 Å². The highest BCUT2D eigenvalue weighted by Gasteiger charge is 2.13. The standard InChI is InChI=1S/C20H17FN6O/c1-12(2)13-7-14-11-27(26-19(14)24-9-13)18-8-15(3-4-16(18)21)25-20(28)17-10-22-5-6-23-17/h3-12H,1-2H3,(H,25,28). The van der Waals surface area contributed by atoms with Gasteiger partial charge in [0.2, 0.25) is 0 Å². The van der Waals surface area contributed by atoms with Crippen LogP contribution in [-0.2, 0) is 0 Å². The normalized spacial score (nSPS) is 11.1. The summed E-state index contributed by atoms with van der Waals surface area (Å²) in [7, 11) is 0. The van der Waals surface area contributed by atoms with E-state index in [0.29, 0.717) is 17.3 Å². The molecule has 8 heteroatoms. The lowest BCUT2D eigenvalue weighted by Gasteiger charge is -2.08. The molecule has 140 valence electrons. The van der Waals surface area contributed by atoms with Gasteiger partial charge in [0.25, 0.3) is 5.91 Å². The molecule has 1 aromatic carbocycles. The van der Waals surface area contributed by atoms with Crippen LogP contribution < -0.4 is 5.32 Å². The molecule has 0 aliphatic carbocycles. The van der Waals surface area contributed by atoms with Gasteiger partial charge in [-0.2, -0.15) is 0 Å². The molecule has 0 saturated carbocycles. The Bertz CT molecular complexity index is 1160. The number of benzene rings is 1. The van der Waals surface area contributed by atoms with Gasteiger partial charge in [0, 0.05) is 35.9 Å². The first kappa shape index (κ1) is 17.7. The van der Waals surface area contributed by atoms with Crippen LogP contribution in [0, 0.1) is 5.82 Å². The van der Waals surface area contributed by atoms with Crippen LogP contribution in [0.15, 0.2) is 55.2 Å². The van der Waals surface area contributed by atoms with Crippen molar-refractivity contribution < 1.29 is 9.18 Å². The topological polar surface area (TPSA) is 85.6 Å². The predicted octanol–water partition coefficient (Wildman–Crippen LogP) is 3.73.